The lowest BCUT2D eigenvalue weighted by Gasteiger charge is -2.18. The topological polar surface area (TPSA) is 80.9 Å². The molecule has 0 aliphatic carbocycles. The van der Waals surface area contributed by atoms with Crippen LogP contribution in [0.25, 0.3) is 12.2 Å². The van der Waals surface area contributed by atoms with Crippen LogP contribution in [0.1, 0.15) is 63.1 Å². The van der Waals surface area contributed by atoms with Crippen LogP contribution >= 0.6 is 0 Å². The lowest BCUT2D eigenvalue weighted by molar-refractivity contribution is 0.427. The second-order valence-corrected chi connectivity index (χ2v) is 7.78. The summed E-state index contributed by atoms with van der Waals surface area (Å²) in [7, 11) is 0. The lowest BCUT2D eigenvalue weighted by atomic mass is 9.88. The summed E-state index contributed by atoms with van der Waals surface area (Å²) >= 11 is 0. The van der Waals surface area contributed by atoms with E-state index in [1.807, 2.05) is 27.7 Å². The number of phenolic OH excluding ortho intramolecular Hbond substituents is 4. The largest absolute Gasteiger partial charge is 0.508 e. The molecule has 0 bridgehead atoms. The smallest absolute Gasteiger partial charge is 0.126 e. The lowest BCUT2D eigenvalue weighted by Crippen LogP contribution is -1.99. The monoisotopic (exact) mass is 394 g/mol. The van der Waals surface area contributed by atoms with Gasteiger partial charge in [0.2, 0.25) is 0 Å². The zero-order valence-corrected chi connectivity index (χ0v) is 17.5. The molecule has 0 aliphatic rings. The molecule has 0 heterocycles. The Morgan fingerprint density at radius 2 is 1.31 bits per heavy atom. The fourth-order valence-electron chi connectivity index (χ4n) is 3.11. The van der Waals surface area contributed by atoms with E-state index in [1.54, 1.807) is 30.4 Å². The Bertz CT molecular complexity index is 900. The third-order valence-electron chi connectivity index (χ3n) is 4.66. The Labute approximate surface area is 172 Å². The molecule has 0 saturated carbocycles. The summed E-state index contributed by atoms with van der Waals surface area (Å²) in [5, 5.41) is 40.5. The van der Waals surface area contributed by atoms with E-state index in [1.165, 1.54) is 23.3 Å². The van der Waals surface area contributed by atoms with Gasteiger partial charge in [0.1, 0.15) is 23.0 Å². The van der Waals surface area contributed by atoms with Crippen LogP contribution < -0.4 is 0 Å². The maximum absolute atomic E-state index is 10.6. The van der Waals surface area contributed by atoms with Gasteiger partial charge >= 0.3 is 0 Å². The van der Waals surface area contributed by atoms with Gasteiger partial charge in [0.25, 0.3) is 0 Å². The minimum atomic E-state index is -0.0465. The van der Waals surface area contributed by atoms with Crippen molar-refractivity contribution in [3.05, 3.63) is 70.3 Å². The highest BCUT2D eigenvalue weighted by atomic mass is 16.3. The van der Waals surface area contributed by atoms with Crippen LogP contribution in [0.15, 0.2) is 53.6 Å². The molecule has 29 heavy (non-hydrogen) atoms. The van der Waals surface area contributed by atoms with E-state index in [2.05, 4.69) is 12.2 Å². The first-order chi connectivity index (χ1) is 13.7. The van der Waals surface area contributed by atoms with Crippen molar-refractivity contribution in [2.24, 2.45) is 0 Å². The molecule has 2 rings (SSSR count). The molecule has 0 saturated heterocycles. The van der Waals surface area contributed by atoms with Gasteiger partial charge in [-0.25, -0.2) is 0 Å². The van der Waals surface area contributed by atoms with E-state index in [9.17, 15) is 20.4 Å². The summed E-state index contributed by atoms with van der Waals surface area (Å²) in [5.41, 5.74) is 4.07. The maximum atomic E-state index is 10.6. The maximum Gasteiger partial charge on any atom is 0.126 e. The van der Waals surface area contributed by atoms with Gasteiger partial charge in [-0.05, 0) is 76.3 Å². The average Bonchev–Trinajstić information content (AvgIpc) is 2.61. The minimum Gasteiger partial charge on any atom is -0.508 e. The third-order valence-corrected chi connectivity index (χ3v) is 4.66. The molecule has 0 aliphatic heterocycles. The van der Waals surface area contributed by atoms with Gasteiger partial charge in [0.15, 0.2) is 0 Å². The Morgan fingerprint density at radius 3 is 1.79 bits per heavy atom. The Hall–Kier alpha value is -3.14. The second kappa shape index (κ2) is 9.87. The summed E-state index contributed by atoms with van der Waals surface area (Å²) in [4.78, 5) is 0. The van der Waals surface area contributed by atoms with Crippen LogP contribution in [-0.2, 0) is 0 Å². The number of hydrogen-bond acceptors (Lipinski definition) is 4. The first-order valence-electron chi connectivity index (χ1n) is 9.70. The molecule has 0 fully saturated rings. The van der Waals surface area contributed by atoms with Gasteiger partial charge in [-0.15, -0.1) is 0 Å². The van der Waals surface area contributed by atoms with Crippen LogP contribution in [0.2, 0.25) is 0 Å². The van der Waals surface area contributed by atoms with E-state index >= 15 is 0 Å². The number of benzene rings is 2. The highest BCUT2D eigenvalue weighted by molar-refractivity contribution is 5.74. The highest BCUT2D eigenvalue weighted by Gasteiger charge is 2.19. The van der Waals surface area contributed by atoms with E-state index in [4.69, 9.17) is 0 Å². The number of hydrogen-bond donors (Lipinski definition) is 4. The van der Waals surface area contributed by atoms with Crippen LogP contribution in [-0.4, -0.2) is 20.4 Å². The van der Waals surface area contributed by atoms with Gasteiger partial charge in [0.05, 0.1) is 0 Å². The molecule has 2 aromatic carbocycles. The minimum absolute atomic E-state index is 0.0157. The molecule has 0 spiro atoms. The molecule has 0 atom stereocenters. The van der Waals surface area contributed by atoms with Crippen molar-refractivity contribution in [1.29, 1.82) is 0 Å². The predicted molar refractivity (Wildman–Crippen MR) is 119 cm³/mol. The van der Waals surface area contributed by atoms with E-state index < -0.39 is 0 Å². The van der Waals surface area contributed by atoms with Crippen LogP contribution in [0.5, 0.6) is 23.0 Å². The van der Waals surface area contributed by atoms with Crippen molar-refractivity contribution >= 4 is 12.2 Å². The Kier molecular flexibility index (Phi) is 7.54. The quantitative estimate of drug-likeness (QED) is 0.320. The van der Waals surface area contributed by atoms with Gasteiger partial charge in [0, 0.05) is 17.2 Å². The first kappa shape index (κ1) is 22.2. The number of aromatic hydroxyl groups is 4. The summed E-state index contributed by atoms with van der Waals surface area (Å²) in [6.07, 6.45) is 9.03. The van der Waals surface area contributed by atoms with Crippen LogP contribution in [0.4, 0.5) is 0 Å². The SMILES string of the molecule is CC(C)=CCC(CC=C(C)C)c1c(O)cc(C=Cc2ccc(O)cc2O)cc1O. The molecule has 0 aromatic heterocycles. The standard InChI is InChI=1S/C25H30O4/c1-16(2)5-8-20(9-6-17(3)4)25-23(28)13-18(14-24(25)29)7-10-19-11-12-21(26)15-22(19)27/h5-7,10-15,20,26-29H,8-9H2,1-4H3. The summed E-state index contributed by atoms with van der Waals surface area (Å²) in [5.74, 6) is 0.00893. The zero-order valence-electron chi connectivity index (χ0n) is 17.5. The molecule has 0 amide bonds. The summed E-state index contributed by atoms with van der Waals surface area (Å²) in [6.45, 7) is 8.13. The average molecular weight is 395 g/mol. The molecule has 4 nitrogen and oxygen atoms in total. The van der Waals surface area contributed by atoms with Crippen molar-refractivity contribution in [2.75, 3.05) is 0 Å². The second-order valence-electron chi connectivity index (χ2n) is 7.78. The molecular weight excluding hydrogens is 364 g/mol. The van der Waals surface area contributed by atoms with Gasteiger partial charge in [-0.2, -0.15) is 0 Å². The Balaban J connectivity index is 2.35. The van der Waals surface area contributed by atoms with Crippen molar-refractivity contribution in [3.8, 4) is 23.0 Å². The van der Waals surface area contributed by atoms with Gasteiger partial charge < -0.3 is 20.4 Å². The van der Waals surface area contributed by atoms with Crippen molar-refractivity contribution in [3.63, 3.8) is 0 Å². The molecule has 4 N–H and O–H groups in total. The molecule has 154 valence electrons. The summed E-state index contributed by atoms with van der Waals surface area (Å²) < 4.78 is 0. The molecule has 0 radical (unpaired) electrons. The van der Waals surface area contributed by atoms with Crippen molar-refractivity contribution in [2.45, 2.75) is 46.5 Å². The molecule has 2 aromatic rings. The fourth-order valence-corrected chi connectivity index (χ4v) is 3.11. The number of phenols is 4. The highest BCUT2D eigenvalue weighted by Crippen LogP contribution is 2.40. The normalized spacial score (nSPS) is 11.1. The first-order valence-corrected chi connectivity index (χ1v) is 9.70. The van der Waals surface area contributed by atoms with Gasteiger partial charge in [-0.3, -0.25) is 0 Å². The van der Waals surface area contributed by atoms with E-state index in [0.29, 0.717) is 16.7 Å². The molecule has 0 unspecified atom stereocenters. The summed E-state index contributed by atoms with van der Waals surface area (Å²) in [6, 6.07) is 7.55. The predicted octanol–water partition coefficient (Wildman–Crippen LogP) is 6.48. The van der Waals surface area contributed by atoms with Crippen molar-refractivity contribution in [1.82, 2.24) is 0 Å². The van der Waals surface area contributed by atoms with Crippen LogP contribution in [0.3, 0.4) is 0 Å². The van der Waals surface area contributed by atoms with E-state index in [0.717, 1.165) is 12.8 Å². The Morgan fingerprint density at radius 1 is 0.759 bits per heavy atom. The zero-order chi connectivity index (χ0) is 21.6. The number of allylic oxidation sites excluding steroid dienone is 4. The third kappa shape index (κ3) is 6.46. The van der Waals surface area contributed by atoms with Crippen LogP contribution in [0, 0.1) is 0 Å². The van der Waals surface area contributed by atoms with E-state index in [-0.39, 0.29) is 28.9 Å². The molecular formula is C25H30O4. The fraction of sp³-hybridized carbons (Fsp3) is 0.280. The van der Waals surface area contributed by atoms with Gasteiger partial charge in [-0.1, -0.05) is 35.5 Å². The van der Waals surface area contributed by atoms with Crippen molar-refractivity contribution < 1.29 is 20.4 Å². The number of rotatable bonds is 7. The molecule has 4 heteroatoms.